The van der Waals surface area contributed by atoms with Crippen molar-refractivity contribution < 1.29 is 9.59 Å². The van der Waals surface area contributed by atoms with Crippen molar-refractivity contribution in [1.82, 2.24) is 15.5 Å². The highest BCUT2D eigenvalue weighted by atomic mass is 35.5. The molecule has 0 radical (unpaired) electrons. The Morgan fingerprint density at radius 2 is 1.86 bits per heavy atom. The highest BCUT2D eigenvalue weighted by Crippen LogP contribution is 2.25. The zero-order valence-corrected chi connectivity index (χ0v) is 14.6. The minimum absolute atomic E-state index is 0.0885. The van der Waals surface area contributed by atoms with Gasteiger partial charge in [0.15, 0.2) is 0 Å². The van der Waals surface area contributed by atoms with E-state index in [0.717, 1.165) is 5.56 Å². The van der Waals surface area contributed by atoms with E-state index in [-0.39, 0.29) is 24.4 Å². The first-order valence-electron chi connectivity index (χ1n) is 6.91. The van der Waals surface area contributed by atoms with Gasteiger partial charge in [0.05, 0.1) is 6.54 Å². The van der Waals surface area contributed by atoms with E-state index in [0.29, 0.717) is 10.0 Å². The van der Waals surface area contributed by atoms with Gasteiger partial charge in [0, 0.05) is 30.2 Å². The highest BCUT2D eigenvalue weighted by Gasteiger charge is 2.17. The van der Waals surface area contributed by atoms with E-state index in [4.69, 9.17) is 23.2 Å². The normalized spacial score (nSPS) is 13.4. The molecule has 2 unspecified atom stereocenters. The van der Waals surface area contributed by atoms with Crippen molar-refractivity contribution in [2.24, 2.45) is 0 Å². The van der Waals surface area contributed by atoms with Crippen molar-refractivity contribution >= 4 is 35.0 Å². The number of likely N-dealkylation sites (N-methyl/N-ethyl adjacent to an activating group) is 1. The summed E-state index contributed by atoms with van der Waals surface area (Å²) in [6.07, 6.45) is 0. The van der Waals surface area contributed by atoms with Crippen LogP contribution < -0.4 is 10.6 Å². The lowest BCUT2D eigenvalue weighted by molar-refractivity contribution is -0.133. The summed E-state index contributed by atoms with van der Waals surface area (Å²) in [5.41, 5.74) is 0.858. The third kappa shape index (κ3) is 5.48. The second-order valence-electron chi connectivity index (χ2n) is 5.29. The van der Waals surface area contributed by atoms with Crippen molar-refractivity contribution in [3.63, 3.8) is 0 Å². The van der Waals surface area contributed by atoms with Gasteiger partial charge in [0.1, 0.15) is 6.04 Å². The van der Waals surface area contributed by atoms with E-state index in [1.807, 2.05) is 13.0 Å². The SMILES string of the molecule is CC(NC(=O)CNC(C)c1ccc(Cl)cc1Cl)C(=O)N(C)C. The molecule has 22 heavy (non-hydrogen) atoms. The van der Waals surface area contributed by atoms with Crippen LogP contribution in [-0.4, -0.2) is 43.4 Å². The summed E-state index contributed by atoms with van der Waals surface area (Å²) in [6, 6.07) is 4.56. The molecule has 2 amide bonds. The van der Waals surface area contributed by atoms with Crippen molar-refractivity contribution in [2.75, 3.05) is 20.6 Å². The Labute approximate surface area is 141 Å². The number of carbonyl (C=O) groups excluding carboxylic acids is 2. The zero-order chi connectivity index (χ0) is 16.9. The molecule has 0 saturated carbocycles. The summed E-state index contributed by atoms with van der Waals surface area (Å²) in [7, 11) is 3.29. The molecule has 7 heteroatoms. The second-order valence-corrected chi connectivity index (χ2v) is 6.13. The molecule has 0 aliphatic carbocycles. The molecule has 0 saturated heterocycles. The van der Waals surface area contributed by atoms with Crippen LogP contribution >= 0.6 is 23.2 Å². The maximum atomic E-state index is 11.9. The van der Waals surface area contributed by atoms with Crippen LogP contribution in [0, 0.1) is 0 Å². The van der Waals surface area contributed by atoms with Crippen LogP contribution in [0.5, 0.6) is 0 Å². The Morgan fingerprint density at radius 1 is 1.23 bits per heavy atom. The third-order valence-corrected chi connectivity index (χ3v) is 3.75. The van der Waals surface area contributed by atoms with Crippen LogP contribution in [0.25, 0.3) is 0 Å². The van der Waals surface area contributed by atoms with Crippen molar-refractivity contribution in [3.8, 4) is 0 Å². The van der Waals surface area contributed by atoms with Gasteiger partial charge in [-0.3, -0.25) is 9.59 Å². The van der Waals surface area contributed by atoms with Crippen molar-refractivity contribution in [3.05, 3.63) is 33.8 Å². The number of benzene rings is 1. The van der Waals surface area contributed by atoms with Crippen LogP contribution in [0.2, 0.25) is 10.0 Å². The zero-order valence-electron chi connectivity index (χ0n) is 13.1. The molecule has 2 N–H and O–H groups in total. The number of halogens is 2. The second kappa shape index (κ2) is 8.36. The fourth-order valence-corrected chi connectivity index (χ4v) is 2.52. The van der Waals surface area contributed by atoms with Gasteiger partial charge in [-0.1, -0.05) is 29.3 Å². The largest absolute Gasteiger partial charge is 0.347 e. The number of nitrogens with zero attached hydrogens (tertiary/aromatic N) is 1. The molecule has 5 nitrogen and oxygen atoms in total. The van der Waals surface area contributed by atoms with Gasteiger partial charge < -0.3 is 15.5 Å². The molecular weight excluding hydrogens is 325 g/mol. The summed E-state index contributed by atoms with van der Waals surface area (Å²) in [6.45, 7) is 3.64. The van der Waals surface area contributed by atoms with Gasteiger partial charge in [0.2, 0.25) is 11.8 Å². The average Bonchev–Trinajstić information content (AvgIpc) is 2.43. The van der Waals surface area contributed by atoms with Gasteiger partial charge >= 0.3 is 0 Å². The van der Waals surface area contributed by atoms with Crippen molar-refractivity contribution in [1.29, 1.82) is 0 Å². The van der Waals surface area contributed by atoms with Gasteiger partial charge in [0.25, 0.3) is 0 Å². The molecule has 0 heterocycles. The number of hydrogen-bond acceptors (Lipinski definition) is 3. The fraction of sp³-hybridized carbons (Fsp3) is 0.467. The lowest BCUT2D eigenvalue weighted by Gasteiger charge is -2.19. The molecule has 1 aromatic rings. The summed E-state index contributed by atoms with van der Waals surface area (Å²) in [5.74, 6) is -0.401. The number of hydrogen-bond donors (Lipinski definition) is 2. The molecule has 122 valence electrons. The monoisotopic (exact) mass is 345 g/mol. The predicted octanol–water partition coefficient (Wildman–Crippen LogP) is 2.24. The summed E-state index contributed by atoms with van der Waals surface area (Å²) >= 11 is 12.0. The fourth-order valence-electron chi connectivity index (χ4n) is 1.95. The maximum Gasteiger partial charge on any atom is 0.244 e. The number of carbonyl (C=O) groups is 2. The minimum atomic E-state index is -0.557. The van der Waals surface area contributed by atoms with Crippen LogP contribution in [0.1, 0.15) is 25.5 Å². The van der Waals surface area contributed by atoms with E-state index < -0.39 is 6.04 Å². The number of nitrogens with one attached hydrogen (secondary N) is 2. The average molecular weight is 346 g/mol. The quantitative estimate of drug-likeness (QED) is 0.831. The molecule has 1 rings (SSSR count). The van der Waals surface area contributed by atoms with E-state index in [2.05, 4.69) is 10.6 Å². The van der Waals surface area contributed by atoms with E-state index in [1.54, 1.807) is 33.2 Å². The van der Waals surface area contributed by atoms with Crippen LogP contribution in [0.15, 0.2) is 18.2 Å². The molecular formula is C15H21Cl2N3O2. The molecule has 0 bridgehead atoms. The predicted molar refractivity (Wildman–Crippen MR) is 89.2 cm³/mol. The van der Waals surface area contributed by atoms with Gasteiger partial charge in [-0.2, -0.15) is 0 Å². The molecule has 2 atom stereocenters. The minimum Gasteiger partial charge on any atom is -0.347 e. The highest BCUT2D eigenvalue weighted by molar-refractivity contribution is 6.35. The molecule has 0 aliphatic rings. The molecule has 0 aromatic heterocycles. The summed E-state index contributed by atoms with van der Waals surface area (Å²) in [5, 5.41) is 6.82. The maximum absolute atomic E-state index is 11.9. The lowest BCUT2D eigenvalue weighted by Crippen LogP contribution is -2.47. The summed E-state index contributed by atoms with van der Waals surface area (Å²) in [4.78, 5) is 25.0. The van der Waals surface area contributed by atoms with E-state index in [9.17, 15) is 9.59 Å². The molecule has 0 aliphatic heterocycles. The topological polar surface area (TPSA) is 61.4 Å². The van der Waals surface area contributed by atoms with Gasteiger partial charge in [-0.05, 0) is 31.5 Å². The molecule has 0 spiro atoms. The van der Waals surface area contributed by atoms with Crippen LogP contribution in [0.4, 0.5) is 0 Å². The first-order valence-corrected chi connectivity index (χ1v) is 7.66. The number of rotatable bonds is 6. The molecule has 1 aromatic carbocycles. The lowest BCUT2D eigenvalue weighted by atomic mass is 10.1. The Bertz CT molecular complexity index is 550. The van der Waals surface area contributed by atoms with Crippen LogP contribution in [-0.2, 0) is 9.59 Å². The van der Waals surface area contributed by atoms with Crippen molar-refractivity contribution in [2.45, 2.75) is 25.9 Å². The first-order chi connectivity index (χ1) is 10.2. The smallest absolute Gasteiger partial charge is 0.244 e. The third-order valence-electron chi connectivity index (χ3n) is 3.19. The first kappa shape index (κ1) is 18.7. The van der Waals surface area contributed by atoms with Gasteiger partial charge in [-0.25, -0.2) is 0 Å². The Kier molecular flexibility index (Phi) is 7.13. The Morgan fingerprint density at radius 3 is 2.41 bits per heavy atom. The molecule has 0 fully saturated rings. The van der Waals surface area contributed by atoms with Crippen LogP contribution in [0.3, 0.4) is 0 Å². The van der Waals surface area contributed by atoms with E-state index >= 15 is 0 Å². The van der Waals surface area contributed by atoms with Gasteiger partial charge in [-0.15, -0.1) is 0 Å². The Hall–Kier alpha value is -1.30. The summed E-state index contributed by atoms with van der Waals surface area (Å²) < 4.78 is 0. The number of amides is 2. The Balaban J connectivity index is 2.51. The van der Waals surface area contributed by atoms with E-state index in [1.165, 1.54) is 4.90 Å². The standard InChI is InChI=1S/C15H21Cl2N3O2/c1-9(12-6-5-11(16)7-13(12)17)18-8-14(21)19-10(2)15(22)20(3)4/h5-7,9-10,18H,8H2,1-4H3,(H,19,21).